The van der Waals surface area contributed by atoms with Gasteiger partial charge in [-0.2, -0.15) is 11.8 Å². The fourth-order valence-corrected chi connectivity index (χ4v) is 5.56. The van der Waals surface area contributed by atoms with Crippen LogP contribution in [-0.2, 0) is 14.3 Å². The highest BCUT2D eigenvalue weighted by Crippen LogP contribution is 2.55. The Balaban J connectivity index is 1.58. The van der Waals surface area contributed by atoms with Crippen molar-refractivity contribution in [2.45, 2.75) is 24.5 Å². The smallest absolute Gasteiger partial charge is 0.229 e. The minimum atomic E-state index is -0.415. The van der Waals surface area contributed by atoms with E-state index in [0.29, 0.717) is 19.6 Å². The van der Waals surface area contributed by atoms with Gasteiger partial charge in [-0.3, -0.25) is 9.59 Å². The van der Waals surface area contributed by atoms with Gasteiger partial charge in [0, 0.05) is 37.7 Å². The molecule has 4 aliphatic rings. The van der Waals surface area contributed by atoms with Crippen molar-refractivity contribution in [2.75, 3.05) is 44.2 Å². The van der Waals surface area contributed by atoms with Crippen molar-refractivity contribution in [3.05, 3.63) is 0 Å². The number of ether oxygens (including phenoxy) is 1. The lowest BCUT2D eigenvalue weighted by Crippen LogP contribution is -2.49. The van der Waals surface area contributed by atoms with Gasteiger partial charge in [0.1, 0.15) is 0 Å². The maximum Gasteiger partial charge on any atom is 0.229 e. The average Bonchev–Trinajstić information content (AvgIpc) is 3.17. The number of amides is 2. The molecular weight excluding hydrogens is 302 g/mol. The van der Waals surface area contributed by atoms with Crippen LogP contribution in [0.3, 0.4) is 0 Å². The van der Waals surface area contributed by atoms with Gasteiger partial charge in [0.15, 0.2) is 0 Å². The number of carbonyl (C=O) groups is 2. The molecule has 0 aliphatic carbocycles. The molecule has 4 fully saturated rings. The Hall–Kier alpha value is -0.790. The Morgan fingerprint density at radius 1 is 1.41 bits per heavy atom. The quantitative estimate of drug-likeness (QED) is 0.759. The zero-order valence-electron chi connectivity index (χ0n) is 12.7. The molecule has 0 unspecified atom stereocenters. The number of carbonyl (C=O) groups excluding carboxylic acids is 2. The van der Waals surface area contributed by atoms with Crippen molar-refractivity contribution in [1.82, 2.24) is 9.80 Å². The predicted molar refractivity (Wildman–Crippen MR) is 83.4 cm³/mol. The maximum absolute atomic E-state index is 13.0. The normalized spacial score (nSPS) is 40.4. The first-order valence-electron chi connectivity index (χ1n) is 8.19. The van der Waals surface area contributed by atoms with E-state index in [0.717, 1.165) is 37.4 Å². The lowest BCUT2D eigenvalue weighted by atomic mass is 9.72. The fraction of sp³-hybridized carbons (Fsp3) is 0.867. The Bertz CT molecular complexity index is 496. The van der Waals surface area contributed by atoms with Crippen LogP contribution in [0.15, 0.2) is 0 Å². The lowest BCUT2D eigenvalue weighted by Gasteiger charge is -2.33. The third-order valence-corrected chi connectivity index (χ3v) is 6.55. The van der Waals surface area contributed by atoms with Gasteiger partial charge < -0.3 is 20.3 Å². The summed E-state index contributed by atoms with van der Waals surface area (Å²) in [6.07, 6.45) is 1.74. The Morgan fingerprint density at radius 2 is 2.18 bits per heavy atom. The number of likely N-dealkylation sites (tertiary alicyclic amines) is 1. The van der Waals surface area contributed by atoms with Crippen LogP contribution in [0.2, 0.25) is 0 Å². The van der Waals surface area contributed by atoms with Gasteiger partial charge in [-0.15, -0.1) is 0 Å². The summed E-state index contributed by atoms with van der Waals surface area (Å²) in [5.74, 6) is 1.66. The first kappa shape index (κ1) is 14.8. The molecule has 0 saturated carbocycles. The molecular formula is C15H23N3O3S. The molecule has 1 spiro atoms. The molecule has 6 nitrogen and oxygen atoms in total. The largest absolute Gasteiger partial charge is 0.368 e. The first-order valence-corrected chi connectivity index (χ1v) is 9.35. The summed E-state index contributed by atoms with van der Waals surface area (Å²) in [5.41, 5.74) is 5.20. The van der Waals surface area contributed by atoms with E-state index in [2.05, 4.69) is 0 Å². The van der Waals surface area contributed by atoms with Crippen molar-refractivity contribution in [1.29, 1.82) is 0 Å². The van der Waals surface area contributed by atoms with E-state index in [-0.39, 0.29) is 29.8 Å². The standard InChI is InChI=1S/C15H23N3O3S/c16-3-4-18-9-15-2-1-10(21-15)11(12(15)14(18)20)13(19)17-5-7-22-8-6-17/h10-12H,1-9,16H2/t10-,11-,12+,15-/m0/s1. The van der Waals surface area contributed by atoms with Crippen LogP contribution in [0.25, 0.3) is 0 Å². The summed E-state index contributed by atoms with van der Waals surface area (Å²) < 4.78 is 6.20. The third kappa shape index (κ3) is 2.02. The molecule has 0 aromatic heterocycles. The minimum absolute atomic E-state index is 0.0592. The van der Waals surface area contributed by atoms with E-state index in [1.54, 1.807) is 4.90 Å². The monoisotopic (exact) mass is 325 g/mol. The molecule has 2 amide bonds. The summed E-state index contributed by atoms with van der Waals surface area (Å²) in [6.45, 7) is 3.23. The number of thioether (sulfide) groups is 1. The number of hydrogen-bond acceptors (Lipinski definition) is 5. The molecule has 4 aliphatic heterocycles. The topological polar surface area (TPSA) is 75.9 Å². The van der Waals surface area contributed by atoms with E-state index in [9.17, 15) is 9.59 Å². The minimum Gasteiger partial charge on any atom is -0.368 e. The molecule has 0 radical (unpaired) electrons. The summed E-state index contributed by atoms with van der Waals surface area (Å²) in [7, 11) is 0. The Labute approximate surface area is 134 Å². The summed E-state index contributed by atoms with van der Waals surface area (Å²) in [6, 6.07) is 0. The fourth-order valence-electron chi connectivity index (χ4n) is 4.66. The maximum atomic E-state index is 13.0. The van der Waals surface area contributed by atoms with Crippen LogP contribution in [0, 0.1) is 11.8 Å². The highest BCUT2D eigenvalue weighted by atomic mass is 32.2. The van der Waals surface area contributed by atoms with Crippen molar-refractivity contribution < 1.29 is 14.3 Å². The second kappa shape index (κ2) is 5.39. The highest BCUT2D eigenvalue weighted by Gasteiger charge is 2.69. The second-order valence-electron chi connectivity index (χ2n) is 6.75. The molecule has 2 bridgehead atoms. The molecule has 0 aromatic carbocycles. The van der Waals surface area contributed by atoms with E-state index in [4.69, 9.17) is 10.5 Å². The molecule has 2 N–H and O–H groups in total. The molecule has 7 heteroatoms. The van der Waals surface area contributed by atoms with Crippen molar-refractivity contribution in [2.24, 2.45) is 17.6 Å². The Kier molecular flexibility index (Phi) is 3.62. The van der Waals surface area contributed by atoms with Crippen LogP contribution >= 0.6 is 11.8 Å². The van der Waals surface area contributed by atoms with E-state index >= 15 is 0 Å². The molecule has 4 heterocycles. The number of fused-ring (bicyclic) bond motifs is 1. The Morgan fingerprint density at radius 3 is 2.91 bits per heavy atom. The van der Waals surface area contributed by atoms with E-state index in [1.807, 2.05) is 16.7 Å². The van der Waals surface area contributed by atoms with E-state index in [1.165, 1.54) is 0 Å². The molecule has 122 valence electrons. The first-order chi connectivity index (χ1) is 10.7. The van der Waals surface area contributed by atoms with Gasteiger partial charge in [-0.1, -0.05) is 0 Å². The number of hydrogen-bond donors (Lipinski definition) is 1. The summed E-state index contributed by atoms with van der Waals surface area (Å²) in [4.78, 5) is 29.5. The van der Waals surface area contributed by atoms with Crippen molar-refractivity contribution >= 4 is 23.6 Å². The molecule has 0 aromatic rings. The van der Waals surface area contributed by atoms with Crippen LogP contribution < -0.4 is 5.73 Å². The van der Waals surface area contributed by atoms with Crippen molar-refractivity contribution in [3.8, 4) is 0 Å². The van der Waals surface area contributed by atoms with Gasteiger partial charge in [0.2, 0.25) is 11.8 Å². The summed E-state index contributed by atoms with van der Waals surface area (Å²) in [5, 5.41) is 0. The van der Waals surface area contributed by atoms with Crippen LogP contribution in [0.4, 0.5) is 0 Å². The van der Waals surface area contributed by atoms with E-state index < -0.39 is 5.60 Å². The van der Waals surface area contributed by atoms with Crippen molar-refractivity contribution in [3.63, 3.8) is 0 Å². The van der Waals surface area contributed by atoms with Crippen LogP contribution in [-0.4, -0.2) is 77.5 Å². The number of rotatable bonds is 3. The SMILES string of the molecule is NCCN1C[C@]23CC[C@H](O2)[C@H](C(=O)N2CCSCC2)[C@@H]3C1=O. The van der Waals surface area contributed by atoms with Crippen LogP contribution in [0.1, 0.15) is 12.8 Å². The van der Waals surface area contributed by atoms with Gasteiger partial charge in [0.25, 0.3) is 0 Å². The summed E-state index contributed by atoms with van der Waals surface area (Å²) >= 11 is 1.89. The highest BCUT2D eigenvalue weighted by molar-refractivity contribution is 7.99. The lowest BCUT2D eigenvalue weighted by molar-refractivity contribution is -0.143. The molecule has 4 saturated heterocycles. The molecule has 22 heavy (non-hydrogen) atoms. The third-order valence-electron chi connectivity index (χ3n) is 5.61. The van der Waals surface area contributed by atoms with Gasteiger partial charge in [0.05, 0.1) is 30.1 Å². The number of nitrogens with two attached hydrogens (primary N) is 1. The molecule has 4 atom stereocenters. The van der Waals surface area contributed by atoms with Gasteiger partial charge in [-0.25, -0.2) is 0 Å². The predicted octanol–water partition coefficient (Wildman–Crippen LogP) is -0.473. The second-order valence-corrected chi connectivity index (χ2v) is 7.97. The van der Waals surface area contributed by atoms with Gasteiger partial charge in [-0.05, 0) is 12.8 Å². The zero-order chi connectivity index (χ0) is 15.3. The molecule has 4 rings (SSSR count). The van der Waals surface area contributed by atoms with Crippen LogP contribution in [0.5, 0.6) is 0 Å². The number of nitrogens with zero attached hydrogens (tertiary/aromatic N) is 2. The average molecular weight is 325 g/mol. The van der Waals surface area contributed by atoms with Gasteiger partial charge >= 0.3 is 0 Å². The zero-order valence-corrected chi connectivity index (χ0v) is 13.5.